The second-order valence-electron chi connectivity index (χ2n) is 7.78. The number of hydrogen-bond donors (Lipinski definition) is 2. The molecule has 2 N–H and O–H groups in total. The maximum atomic E-state index is 12.5. The molecule has 0 aromatic heterocycles. The first-order valence-electron chi connectivity index (χ1n) is 9.98. The van der Waals surface area contributed by atoms with E-state index in [1.165, 1.54) is 12.8 Å². The Hall–Kier alpha value is -2.15. The predicted octanol–water partition coefficient (Wildman–Crippen LogP) is 3.59. The third-order valence-electron chi connectivity index (χ3n) is 5.45. The van der Waals surface area contributed by atoms with Crippen LogP contribution in [0.4, 0.5) is 10.5 Å². The van der Waals surface area contributed by atoms with Crippen LogP contribution in [-0.4, -0.2) is 57.9 Å². The number of rotatable bonds is 8. The number of piperidine rings is 1. The van der Waals surface area contributed by atoms with Gasteiger partial charge in [0.1, 0.15) is 0 Å². The molecule has 1 aromatic carbocycles. The van der Waals surface area contributed by atoms with Gasteiger partial charge in [-0.15, -0.1) is 0 Å². The van der Waals surface area contributed by atoms with Gasteiger partial charge >= 0.3 is 6.03 Å². The Bertz CT molecular complexity index is 618. The number of amides is 2. The quantitative estimate of drug-likeness (QED) is 0.706. The lowest BCUT2D eigenvalue weighted by molar-refractivity contribution is 0.108. The summed E-state index contributed by atoms with van der Waals surface area (Å²) in [4.78, 5) is 15.0. The lowest BCUT2D eigenvalue weighted by Crippen LogP contribution is -2.50. The highest BCUT2D eigenvalue weighted by Crippen LogP contribution is 2.39. The van der Waals surface area contributed by atoms with E-state index in [9.17, 15) is 4.79 Å². The summed E-state index contributed by atoms with van der Waals surface area (Å²) < 4.78 is 16.0. The van der Waals surface area contributed by atoms with Crippen LogP contribution in [0.15, 0.2) is 12.1 Å². The molecule has 1 atom stereocenters. The van der Waals surface area contributed by atoms with Crippen LogP contribution in [-0.2, 0) is 0 Å². The van der Waals surface area contributed by atoms with E-state index in [1.807, 2.05) is 0 Å². The number of hydrogen-bond acceptors (Lipinski definition) is 5. The molecule has 1 fully saturated rings. The molecule has 28 heavy (non-hydrogen) atoms. The van der Waals surface area contributed by atoms with Crippen molar-refractivity contribution in [3.05, 3.63) is 12.1 Å². The Morgan fingerprint density at radius 2 is 1.68 bits per heavy atom. The number of urea groups is 1. The van der Waals surface area contributed by atoms with Crippen molar-refractivity contribution in [3.63, 3.8) is 0 Å². The minimum absolute atomic E-state index is 0.245. The Balaban J connectivity index is 1.99. The maximum Gasteiger partial charge on any atom is 0.319 e. The number of methoxy groups -OCH3 is 3. The van der Waals surface area contributed by atoms with E-state index in [4.69, 9.17) is 14.2 Å². The summed E-state index contributed by atoms with van der Waals surface area (Å²) >= 11 is 0. The summed E-state index contributed by atoms with van der Waals surface area (Å²) in [5, 5.41) is 5.88. The van der Waals surface area contributed by atoms with Crippen LogP contribution in [0.1, 0.15) is 33.6 Å². The molecular weight excluding hydrogens is 358 g/mol. The van der Waals surface area contributed by atoms with Gasteiger partial charge in [0.05, 0.1) is 27.0 Å². The van der Waals surface area contributed by atoms with Crippen LogP contribution >= 0.6 is 0 Å². The van der Waals surface area contributed by atoms with Crippen molar-refractivity contribution in [1.82, 2.24) is 10.2 Å². The molecule has 1 saturated heterocycles. The molecule has 0 aliphatic carbocycles. The number of nitrogens with zero attached hydrogens (tertiary/aromatic N) is 1. The number of ether oxygens (including phenoxy) is 3. The summed E-state index contributed by atoms with van der Waals surface area (Å²) in [6.45, 7) is 9.54. The van der Waals surface area contributed by atoms with Gasteiger partial charge < -0.3 is 24.8 Å². The predicted molar refractivity (Wildman–Crippen MR) is 112 cm³/mol. The Kier molecular flexibility index (Phi) is 8.23. The number of carbonyl (C=O) groups is 1. The second-order valence-corrected chi connectivity index (χ2v) is 7.78. The fourth-order valence-electron chi connectivity index (χ4n) is 3.67. The molecule has 1 unspecified atom stereocenters. The van der Waals surface area contributed by atoms with Crippen molar-refractivity contribution in [2.75, 3.05) is 46.3 Å². The molecule has 1 heterocycles. The summed E-state index contributed by atoms with van der Waals surface area (Å²) in [7, 11) is 4.65. The molecule has 0 bridgehead atoms. The standard InChI is InChI=1S/C21H35N3O4/c1-14(2)17(24-9-7-15(3)8-10-24)13-22-21(25)23-16-11-18(26-4)20(28-6)19(12-16)27-5/h11-12,14-15,17H,7-10,13H2,1-6H3,(H2,22,23,25). The van der Waals surface area contributed by atoms with Crippen molar-refractivity contribution in [2.45, 2.75) is 39.7 Å². The van der Waals surface area contributed by atoms with Crippen LogP contribution < -0.4 is 24.8 Å². The van der Waals surface area contributed by atoms with Gasteiger partial charge in [0, 0.05) is 24.7 Å². The van der Waals surface area contributed by atoms with Crippen LogP contribution in [0, 0.1) is 11.8 Å². The van der Waals surface area contributed by atoms with E-state index in [-0.39, 0.29) is 6.03 Å². The third kappa shape index (κ3) is 5.67. The summed E-state index contributed by atoms with van der Waals surface area (Å²) in [6, 6.07) is 3.52. The molecule has 1 aliphatic rings. The first-order chi connectivity index (χ1) is 13.4. The van der Waals surface area contributed by atoms with Crippen molar-refractivity contribution in [3.8, 4) is 17.2 Å². The number of carbonyl (C=O) groups excluding carboxylic acids is 1. The Morgan fingerprint density at radius 3 is 2.14 bits per heavy atom. The highest BCUT2D eigenvalue weighted by Gasteiger charge is 2.26. The number of nitrogens with one attached hydrogen (secondary N) is 2. The lowest BCUT2D eigenvalue weighted by Gasteiger charge is -2.38. The SMILES string of the molecule is COc1cc(NC(=O)NCC(C(C)C)N2CCC(C)CC2)cc(OC)c1OC. The van der Waals surface area contributed by atoms with Crippen LogP contribution in [0.5, 0.6) is 17.2 Å². The van der Waals surface area contributed by atoms with E-state index in [2.05, 4.69) is 36.3 Å². The zero-order chi connectivity index (χ0) is 20.7. The van der Waals surface area contributed by atoms with Crippen molar-refractivity contribution < 1.29 is 19.0 Å². The highest BCUT2D eigenvalue weighted by molar-refractivity contribution is 5.90. The van der Waals surface area contributed by atoms with E-state index in [1.54, 1.807) is 33.5 Å². The fourth-order valence-corrected chi connectivity index (χ4v) is 3.67. The van der Waals surface area contributed by atoms with Gasteiger partial charge in [0.15, 0.2) is 11.5 Å². The maximum absolute atomic E-state index is 12.5. The van der Waals surface area contributed by atoms with Crippen molar-refractivity contribution >= 4 is 11.7 Å². The zero-order valence-corrected chi connectivity index (χ0v) is 18.0. The molecule has 0 radical (unpaired) electrons. The second kappa shape index (κ2) is 10.4. The highest BCUT2D eigenvalue weighted by atomic mass is 16.5. The molecule has 2 amide bonds. The smallest absolute Gasteiger partial charge is 0.319 e. The van der Waals surface area contributed by atoms with E-state index >= 15 is 0 Å². The number of likely N-dealkylation sites (tertiary alicyclic amines) is 1. The minimum Gasteiger partial charge on any atom is -0.493 e. The average molecular weight is 394 g/mol. The van der Waals surface area contributed by atoms with E-state index in [0.717, 1.165) is 19.0 Å². The van der Waals surface area contributed by atoms with Gasteiger partial charge in [-0.25, -0.2) is 4.79 Å². The molecule has 1 aromatic rings. The first-order valence-corrected chi connectivity index (χ1v) is 9.98. The van der Waals surface area contributed by atoms with Gasteiger partial charge in [0.2, 0.25) is 5.75 Å². The molecule has 1 aliphatic heterocycles. The van der Waals surface area contributed by atoms with Crippen LogP contribution in [0.3, 0.4) is 0 Å². The van der Waals surface area contributed by atoms with Crippen LogP contribution in [0.2, 0.25) is 0 Å². The third-order valence-corrected chi connectivity index (χ3v) is 5.45. The molecule has 7 heteroatoms. The van der Waals surface area contributed by atoms with Gasteiger partial charge in [-0.2, -0.15) is 0 Å². The largest absolute Gasteiger partial charge is 0.493 e. The Morgan fingerprint density at radius 1 is 1.11 bits per heavy atom. The molecule has 0 saturated carbocycles. The zero-order valence-electron chi connectivity index (χ0n) is 18.0. The number of anilines is 1. The summed E-state index contributed by atoms with van der Waals surface area (Å²) in [5.74, 6) is 2.75. The average Bonchev–Trinajstić information content (AvgIpc) is 2.68. The lowest BCUT2D eigenvalue weighted by atomic mass is 9.94. The van der Waals surface area contributed by atoms with Gasteiger partial charge in [-0.1, -0.05) is 20.8 Å². The van der Waals surface area contributed by atoms with Crippen molar-refractivity contribution in [1.29, 1.82) is 0 Å². The topological polar surface area (TPSA) is 72.1 Å². The van der Waals surface area contributed by atoms with Gasteiger partial charge in [0.25, 0.3) is 0 Å². The summed E-state index contributed by atoms with van der Waals surface area (Å²) in [6.07, 6.45) is 2.45. The molecular formula is C21H35N3O4. The monoisotopic (exact) mass is 393 g/mol. The summed E-state index contributed by atoms with van der Waals surface area (Å²) in [5.41, 5.74) is 0.583. The minimum atomic E-state index is -0.245. The molecule has 2 rings (SSSR count). The van der Waals surface area contributed by atoms with Crippen LogP contribution in [0.25, 0.3) is 0 Å². The molecule has 0 spiro atoms. The van der Waals surface area contributed by atoms with Gasteiger partial charge in [-0.05, 0) is 37.8 Å². The number of benzene rings is 1. The van der Waals surface area contributed by atoms with Gasteiger partial charge in [-0.3, -0.25) is 4.90 Å². The normalized spacial score (nSPS) is 16.5. The fraction of sp³-hybridized carbons (Fsp3) is 0.667. The van der Waals surface area contributed by atoms with E-state index < -0.39 is 0 Å². The van der Waals surface area contributed by atoms with Crippen molar-refractivity contribution in [2.24, 2.45) is 11.8 Å². The Labute approximate surface area is 168 Å². The molecule has 158 valence electrons. The molecule has 7 nitrogen and oxygen atoms in total. The first kappa shape index (κ1) is 22.1. The van der Waals surface area contributed by atoms with E-state index in [0.29, 0.717) is 41.4 Å².